The zero-order chi connectivity index (χ0) is 18.5. The minimum atomic E-state index is 0.0814. The smallest absolute Gasteiger partial charge is 0.185 e. The fourth-order valence-corrected chi connectivity index (χ4v) is 3.26. The van der Waals surface area contributed by atoms with Crippen molar-refractivity contribution in [2.24, 2.45) is 0 Å². The third kappa shape index (κ3) is 4.17. The summed E-state index contributed by atoms with van der Waals surface area (Å²) in [6.45, 7) is 0. The highest BCUT2D eigenvalue weighted by molar-refractivity contribution is 6.32. The molecule has 134 valence electrons. The monoisotopic (exact) mass is 368 g/mol. The van der Waals surface area contributed by atoms with Gasteiger partial charge in [0.1, 0.15) is 11.5 Å². The van der Waals surface area contributed by atoms with E-state index in [0.29, 0.717) is 16.5 Å². The summed E-state index contributed by atoms with van der Waals surface area (Å²) in [5.74, 6) is 1.48. The molecule has 4 heteroatoms. The molecule has 1 saturated carbocycles. The van der Waals surface area contributed by atoms with E-state index in [-0.39, 0.29) is 5.78 Å². The number of allylic oxidation sites excluding steroid dienone is 2. The van der Waals surface area contributed by atoms with Crippen LogP contribution in [0.4, 0.5) is 0 Å². The molecule has 3 rings (SSSR count). The Kier molecular flexibility index (Phi) is 5.79. The molecule has 0 amide bonds. The van der Waals surface area contributed by atoms with Gasteiger partial charge in [0.2, 0.25) is 0 Å². The molecule has 0 saturated heterocycles. The van der Waals surface area contributed by atoms with E-state index >= 15 is 0 Å². The third-order valence-electron chi connectivity index (χ3n) is 4.43. The zero-order valence-electron chi connectivity index (χ0n) is 14.9. The van der Waals surface area contributed by atoms with Crippen LogP contribution in [0.25, 0.3) is 12.2 Å². The van der Waals surface area contributed by atoms with E-state index in [2.05, 4.69) is 0 Å². The van der Waals surface area contributed by atoms with E-state index < -0.39 is 0 Å². The highest BCUT2D eigenvalue weighted by Crippen LogP contribution is 2.31. The molecule has 0 N–H and O–H groups in total. The zero-order valence-corrected chi connectivity index (χ0v) is 15.7. The van der Waals surface area contributed by atoms with Gasteiger partial charge >= 0.3 is 0 Å². The molecule has 26 heavy (non-hydrogen) atoms. The van der Waals surface area contributed by atoms with Gasteiger partial charge in [0.15, 0.2) is 5.78 Å². The van der Waals surface area contributed by atoms with Gasteiger partial charge in [-0.2, -0.15) is 0 Å². The Morgan fingerprint density at radius 1 is 0.923 bits per heavy atom. The van der Waals surface area contributed by atoms with Crippen LogP contribution >= 0.6 is 11.6 Å². The maximum atomic E-state index is 12.9. The maximum Gasteiger partial charge on any atom is 0.185 e. The molecule has 2 aromatic rings. The maximum absolute atomic E-state index is 12.9. The van der Waals surface area contributed by atoms with Crippen molar-refractivity contribution in [1.82, 2.24) is 0 Å². The quantitative estimate of drug-likeness (QED) is 0.661. The average Bonchev–Trinajstić information content (AvgIpc) is 2.66. The lowest BCUT2D eigenvalue weighted by Gasteiger charge is -2.17. The summed E-state index contributed by atoms with van der Waals surface area (Å²) in [5, 5.41) is 0.654. The lowest BCUT2D eigenvalue weighted by Crippen LogP contribution is -2.12. The van der Waals surface area contributed by atoms with Crippen LogP contribution in [0.3, 0.4) is 0 Å². The summed E-state index contributed by atoms with van der Waals surface area (Å²) >= 11 is 6.23. The first-order chi connectivity index (χ1) is 12.6. The van der Waals surface area contributed by atoms with E-state index in [4.69, 9.17) is 21.1 Å². The number of hydrogen-bond donors (Lipinski definition) is 0. The Labute approximate surface area is 158 Å². The molecule has 0 bridgehead atoms. The lowest BCUT2D eigenvalue weighted by molar-refractivity contribution is -0.112. The van der Waals surface area contributed by atoms with Gasteiger partial charge in [0.05, 0.1) is 14.2 Å². The van der Waals surface area contributed by atoms with Gasteiger partial charge in [-0.15, -0.1) is 0 Å². The SMILES string of the molecule is COc1cc(C=C2CCCC(=Cc3ccccc3Cl)C2=O)cc(OC)c1. The van der Waals surface area contributed by atoms with Crippen LogP contribution in [-0.2, 0) is 4.79 Å². The van der Waals surface area contributed by atoms with E-state index in [9.17, 15) is 4.79 Å². The van der Waals surface area contributed by atoms with Gasteiger partial charge in [-0.25, -0.2) is 0 Å². The van der Waals surface area contributed by atoms with E-state index in [0.717, 1.165) is 41.5 Å². The Morgan fingerprint density at radius 3 is 2.15 bits per heavy atom. The lowest BCUT2D eigenvalue weighted by atomic mass is 9.87. The normalized spacial score (nSPS) is 17.6. The standard InChI is InChI=1S/C22H21ClO3/c1-25-19-11-15(12-20(14-19)26-2)10-17-7-5-8-18(22(17)24)13-16-6-3-4-9-21(16)23/h3-4,6,9-14H,5,7-8H2,1-2H3. The van der Waals surface area contributed by atoms with Gasteiger partial charge in [0, 0.05) is 22.2 Å². The number of carbonyl (C=O) groups is 1. The number of hydrogen-bond acceptors (Lipinski definition) is 3. The molecule has 0 unspecified atom stereocenters. The van der Waals surface area contributed by atoms with Crippen molar-refractivity contribution < 1.29 is 14.3 Å². The van der Waals surface area contributed by atoms with Gasteiger partial charge in [-0.1, -0.05) is 29.8 Å². The van der Waals surface area contributed by atoms with Gasteiger partial charge in [-0.05, 0) is 60.7 Å². The Balaban J connectivity index is 1.93. The number of carbonyl (C=O) groups excluding carboxylic acids is 1. The summed E-state index contributed by atoms with van der Waals surface area (Å²) in [4.78, 5) is 12.9. The van der Waals surface area contributed by atoms with Gasteiger partial charge in [-0.3, -0.25) is 4.79 Å². The second-order valence-electron chi connectivity index (χ2n) is 6.19. The molecular formula is C22H21ClO3. The molecule has 3 nitrogen and oxygen atoms in total. The van der Waals surface area contributed by atoms with Crippen molar-refractivity contribution in [3.05, 3.63) is 69.8 Å². The molecule has 0 heterocycles. The second-order valence-corrected chi connectivity index (χ2v) is 6.60. The molecule has 0 aromatic heterocycles. The number of ketones is 1. The first kappa shape index (κ1) is 18.3. The molecular weight excluding hydrogens is 348 g/mol. The fraction of sp³-hybridized carbons (Fsp3) is 0.227. The van der Waals surface area contributed by atoms with Crippen molar-refractivity contribution >= 4 is 29.5 Å². The Hall–Kier alpha value is -2.52. The molecule has 1 aliphatic rings. The summed E-state index contributed by atoms with van der Waals surface area (Å²) in [6, 6.07) is 13.2. The van der Waals surface area contributed by atoms with Crippen LogP contribution in [0.15, 0.2) is 53.6 Å². The van der Waals surface area contributed by atoms with Gasteiger partial charge < -0.3 is 9.47 Å². The number of halogens is 1. The third-order valence-corrected chi connectivity index (χ3v) is 4.77. The largest absolute Gasteiger partial charge is 0.497 e. The van der Waals surface area contributed by atoms with Crippen LogP contribution in [0, 0.1) is 0 Å². The van der Waals surface area contributed by atoms with Crippen molar-refractivity contribution in [3.63, 3.8) is 0 Å². The summed E-state index contributed by atoms with van der Waals surface area (Å²) in [7, 11) is 3.23. The molecule has 1 fully saturated rings. The summed E-state index contributed by atoms with van der Waals surface area (Å²) in [5.41, 5.74) is 3.36. The number of ether oxygens (including phenoxy) is 2. The number of benzene rings is 2. The van der Waals surface area contributed by atoms with E-state index in [1.807, 2.05) is 54.6 Å². The van der Waals surface area contributed by atoms with Crippen LogP contribution in [0.1, 0.15) is 30.4 Å². The van der Waals surface area contributed by atoms with Crippen molar-refractivity contribution in [1.29, 1.82) is 0 Å². The first-order valence-corrected chi connectivity index (χ1v) is 8.92. The predicted octanol–water partition coefficient (Wildman–Crippen LogP) is 5.58. The molecule has 0 radical (unpaired) electrons. The number of rotatable bonds is 4. The first-order valence-electron chi connectivity index (χ1n) is 8.54. The minimum Gasteiger partial charge on any atom is -0.497 e. The molecule has 0 aliphatic heterocycles. The summed E-state index contributed by atoms with van der Waals surface area (Å²) < 4.78 is 10.6. The van der Waals surface area contributed by atoms with Crippen molar-refractivity contribution in [2.45, 2.75) is 19.3 Å². The number of methoxy groups -OCH3 is 2. The van der Waals surface area contributed by atoms with Crippen LogP contribution < -0.4 is 9.47 Å². The second kappa shape index (κ2) is 8.24. The number of Topliss-reactive ketones (excluding diaryl/α,β-unsaturated/α-hetero) is 1. The van der Waals surface area contributed by atoms with Crippen LogP contribution in [0.2, 0.25) is 5.02 Å². The molecule has 2 aromatic carbocycles. The van der Waals surface area contributed by atoms with Gasteiger partial charge in [0.25, 0.3) is 0 Å². The van der Waals surface area contributed by atoms with Crippen LogP contribution in [0.5, 0.6) is 11.5 Å². The Bertz CT molecular complexity index is 858. The van der Waals surface area contributed by atoms with Crippen molar-refractivity contribution in [2.75, 3.05) is 14.2 Å². The van der Waals surface area contributed by atoms with Crippen LogP contribution in [-0.4, -0.2) is 20.0 Å². The molecule has 0 atom stereocenters. The molecule has 0 spiro atoms. The Morgan fingerprint density at radius 2 is 1.54 bits per heavy atom. The minimum absolute atomic E-state index is 0.0814. The van der Waals surface area contributed by atoms with E-state index in [1.165, 1.54) is 0 Å². The predicted molar refractivity (Wildman–Crippen MR) is 106 cm³/mol. The van der Waals surface area contributed by atoms with E-state index in [1.54, 1.807) is 14.2 Å². The topological polar surface area (TPSA) is 35.5 Å². The highest BCUT2D eigenvalue weighted by atomic mass is 35.5. The highest BCUT2D eigenvalue weighted by Gasteiger charge is 2.21. The average molecular weight is 369 g/mol. The fourth-order valence-electron chi connectivity index (χ4n) is 3.07. The summed E-state index contributed by atoms with van der Waals surface area (Å²) in [6.07, 6.45) is 6.30. The molecule has 1 aliphatic carbocycles. The van der Waals surface area contributed by atoms with Crippen molar-refractivity contribution in [3.8, 4) is 11.5 Å².